The first kappa shape index (κ1) is 40.0. The van der Waals surface area contributed by atoms with Crippen molar-refractivity contribution in [2.24, 2.45) is 56.7 Å². The van der Waals surface area contributed by atoms with Gasteiger partial charge in [-0.15, -0.1) is 0 Å². The maximum absolute atomic E-state index is 14.4. The zero-order valence-electron chi connectivity index (χ0n) is 36.2. The molecule has 0 bridgehead atoms. The summed E-state index contributed by atoms with van der Waals surface area (Å²) in [6.45, 7) is 22.6. The third-order valence-electron chi connectivity index (χ3n) is 19.3. The van der Waals surface area contributed by atoms with Crippen molar-refractivity contribution in [3.8, 4) is 0 Å². The Labute approximate surface area is 343 Å². The normalized spacial score (nSPS) is 41.2. The standard InChI is InChI=1S/C49H73N3O5/c1-44(2)36(33-7-9-34(10-8-33)42(53)54)13-18-46(4)39(44)15-19-48(6)40(46)12-11-38-41-37(45(3)21-22-45)14-20-49(41,24-23-47(38,48)5)50-43(55)52-25-16-35(17-26-52)57-32-29-51-27-30-56-31-28-51/h7-10,13,35,37-41H,11-12,14-32H2,1-6H3,(H,50,55)(H,53,54)/t37-,38-,39+,40-,41-,46+,47-,48-,49+/m1/s1. The molecule has 1 aromatic rings. The van der Waals surface area contributed by atoms with Crippen LogP contribution in [0.1, 0.15) is 141 Å². The zero-order chi connectivity index (χ0) is 40.0. The number of amides is 2. The van der Waals surface area contributed by atoms with Crippen molar-refractivity contribution in [2.75, 3.05) is 52.5 Å². The van der Waals surface area contributed by atoms with Gasteiger partial charge in [-0.3, -0.25) is 4.90 Å². The molecule has 9 rings (SSSR count). The largest absolute Gasteiger partial charge is 0.478 e. The van der Waals surface area contributed by atoms with E-state index in [9.17, 15) is 14.7 Å². The van der Waals surface area contributed by atoms with Gasteiger partial charge in [0.1, 0.15) is 0 Å². The summed E-state index contributed by atoms with van der Waals surface area (Å²) in [5, 5.41) is 13.5. The molecule has 1 aromatic carbocycles. The Balaban J connectivity index is 0.920. The Hall–Kier alpha value is -2.42. The molecule has 8 heteroatoms. The first-order valence-electron chi connectivity index (χ1n) is 23.2. The van der Waals surface area contributed by atoms with E-state index in [2.05, 4.69) is 62.7 Å². The van der Waals surface area contributed by atoms with Gasteiger partial charge in [-0.05, 0) is 163 Å². The monoisotopic (exact) mass is 784 g/mol. The predicted octanol–water partition coefficient (Wildman–Crippen LogP) is 9.53. The Kier molecular flexibility index (Phi) is 10.1. The Morgan fingerprint density at radius 2 is 1.51 bits per heavy atom. The number of hydrogen-bond acceptors (Lipinski definition) is 5. The van der Waals surface area contributed by atoms with Crippen molar-refractivity contribution < 1.29 is 24.2 Å². The third-order valence-corrected chi connectivity index (χ3v) is 19.3. The zero-order valence-corrected chi connectivity index (χ0v) is 36.2. The summed E-state index contributed by atoms with van der Waals surface area (Å²) >= 11 is 0. The summed E-state index contributed by atoms with van der Waals surface area (Å²) in [6, 6.07) is 7.82. The lowest BCUT2D eigenvalue weighted by Gasteiger charge is -2.72. The maximum atomic E-state index is 14.4. The van der Waals surface area contributed by atoms with Crippen LogP contribution in [0.3, 0.4) is 0 Å². The predicted molar refractivity (Wildman–Crippen MR) is 225 cm³/mol. The number of morpholine rings is 1. The second-order valence-corrected chi connectivity index (χ2v) is 22.0. The van der Waals surface area contributed by atoms with Crippen LogP contribution >= 0.6 is 0 Å². The minimum absolute atomic E-state index is 0.00342. The van der Waals surface area contributed by atoms with Crippen LogP contribution in [0, 0.1) is 56.7 Å². The Morgan fingerprint density at radius 1 is 0.789 bits per heavy atom. The van der Waals surface area contributed by atoms with Gasteiger partial charge in [0.05, 0.1) is 31.5 Å². The van der Waals surface area contributed by atoms with Crippen molar-refractivity contribution in [1.29, 1.82) is 0 Å². The van der Waals surface area contributed by atoms with E-state index in [4.69, 9.17) is 9.47 Å². The van der Waals surface area contributed by atoms with E-state index in [0.717, 1.165) is 84.6 Å². The SMILES string of the molecule is CC1([C@@H]2CC[C@]3(NC(=O)N4CCC(OCCN5CCOCC5)CC4)CC[C@]4(C)[C@H](CC[C@@H]5[C@@]6(C)CC=C(c7ccc(C(=O)O)cc7)C(C)(C)[C@@H]6CC[C@]54C)[C@@H]23)CC1. The van der Waals surface area contributed by atoms with E-state index < -0.39 is 5.97 Å². The molecule has 5 saturated carbocycles. The molecule has 6 aliphatic carbocycles. The highest BCUT2D eigenvalue weighted by atomic mass is 16.5. The van der Waals surface area contributed by atoms with Crippen LogP contribution in [0.4, 0.5) is 4.79 Å². The van der Waals surface area contributed by atoms with Crippen LogP contribution in [-0.2, 0) is 9.47 Å². The molecule has 7 fully saturated rings. The fraction of sp³-hybridized carbons (Fsp3) is 0.796. The van der Waals surface area contributed by atoms with E-state index in [1.165, 1.54) is 62.5 Å². The molecule has 314 valence electrons. The lowest BCUT2D eigenvalue weighted by molar-refractivity contribution is -0.221. The van der Waals surface area contributed by atoms with Crippen LogP contribution in [0.15, 0.2) is 30.3 Å². The van der Waals surface area contributed by atoms with Crippen LogP contribution in [-0.4, -0.2) is 91.1 Å². The molecule has 2 saturated heterocycles. The average molecular weight is 784 g/mol. The molecule has 0 unspecified atom stereocenters. The topological polar surface area (TPSA) is 91.3 Å². The number of nitrogens with one attached hydrogen (secondary N) is 1. The number of benzene rings is 1. The number of nitrogens with zero attached hydrogens (tertiary/aromatic N) is 2. The van der Waals surface area contributed by atoms with Crippen molar-refractivity contribution in [2.45, 2.75) is 137 Å². The number of aromatic carboxylic acids is 1. The first-order valence-corrected chi connectivity index (χ1v) is 23.2. The van der Waals surface area contributed by atoms with Gasteiger partial charge in [0.2, 0.25) is 0 Å². The fourth-order valence-corrected chi connectivity index (χ4v) is 15.7. The van der Waals surface area contributed by atoms with Gasteiger partial charge in [0, 0.05) is 38.3 Å². The molecular weight excluding hydrogens is 711 g/mol. The maximum Gasteiger partial charge on any atom is 0.335 e. The summed E-state index contributed by atoms with van der Waals surface area (Å²) in [7, 11) is 0. The van der Waals surface area contributed by atoms with Gasteiger partial charge in [-0.2, -0.15) is 0 Å². The molecule has 0 radical (unpaired) electrons. The number of hydrogen-bond donors (Lipinski definition) is 2. The number of piperidine rings is 1. The highest BCUT2D eigenvalue weighted by Gasteiger charge is 2.72. The van der Waals surface area contributed by atoms with Crippen molar-refractivity contribution >= 4 is 17.6 Å². The molecule has 0 spiro atoms. The molecule has 57 heavy (non-hydrogen) atoms. The van der Waals surface area contributed by atoms with E-state index in [0.29, 0.717) is 40.6 Å². The van der Waals surface area contributed by atoms with Gasteiger partial charge >= 0.3 is 12.0 Å². The number of urea groups is 1. The second-order valence-electron chi connectivity index (χ2n) is 22.0. The van der Waals surface area contributed by atoms with Crippen molar-refractivity contribution in [3.05, 3.63) is 41.5 Å². The molecule has 8 nitrogen and oxygen atoms in total. The van der Waals surface area contributed by atoms with Crippen LogP contribution in [0.25, 0.3) is 5.57 Å². The molecule has 2 amide bonds. The first-order chi connectivity index (χ1) is 27.1. The van der Waals surface area contributed by atoms with Gasteiger partial charge in [0.25, 0.3) is 0 Å². The summed E-state index contributed by atoms with van der Waals surface area (Å²) in [5.74, 6) is 2.27. The molecule has 2 aliphatic heterocycles. The number of carboxylic acid groups (broad SMARTS) is 1. The Morgan fingerprint density at radius 3 is 2.19 bits per heavy atom. The summed E-state index contributed by atoms with van der Waals surface area (Å²) < 4.78 is 11.8. The van der Waals surface area contributed by atoms with E-state index in [1.807, 2.05) is 12.1 Å². The lowest BCUT2D eigenvalue weighted by Crippen LogP contribution is -2.69. The average Bonchev–Trinajstić information content (AvgIpc) is 3.82. The smallest absolute Gasteiger partial charge is 0.335 e. The van der Waals surface area contributed by atoms with Crippen LogP contribution < -0.4 is 5.32 Å². The lowest BCUT2D eigenvalue weighted by atomic mass is 9.32. The number of ether oxygens (including phenoxy) is 2. The van der Waals surface area contributed by atoms with Gasteiger partial charge in [-0.25, -0.2) is 9.59 Å². The molecular formula is C49H73N3O5. The summed E-state index contributed by atoms with van der Waals surface area (Å²) in [5.41, 5.74) is 4.00. The second kappa shape index (κ2) is 14.4. The van der Waals surface area contributed by atoms with Crippen LogP contribution in [0.5, 0.6) is 0 Å². The van der Waals surface area contributed by atoms with Crippen molar-refractivity contribution in [3.63, 3.8) is 0 Å². The number of fused-ring (bicyclic) bond motifs is 7. The van der Waals surface area contributed by atoms with E-state index in [1.54, 1.807) is 12.1 Å². The van der Waals surface area contributed by atoms with E-state index >= 15 is 0 Å². The quantitative estimate of drug-likeness (QED) is 0.273. The number of carbonyl (C=O) groups is 2. The van der Waals surface area contributed by atoms with Crippen molar-refractivity contribution in [1.82, 2.24) is 15.1 Å². The van der Waals surface area contributed by atoms with Crippen LogP contribution in [0.2, 0.25) is 0 Å². The summed E-state index contributed by atoms with van der Waals surface area (Å²) in [4.78, 5) is 30.6. The van der Waals surface area contributed by atoms with Gasteiger partial charge in [-0.1, -0.05) is 59.8 Å². The number of carbonyl (C=O) groups excluding carboxylic acids is 1. The minimum Gasteiger partial charge on any atom is -0.478 e. The summed E-state index contributed by atoms with van der Waals surface area (Å²) in [6.07, 6.45) is 18.3. The fourth-order valence-electron chi connectivity index (χ4n) is 15.7. The molecule has 2 heterocycles. The number of rotatable bonds is 8. The number of allylic oxidation sites excluding steroid dienone is 2. The molecule has 8 aliphatic rings. The molecule has 2 N–H and O–H groups in total. The van der Waals surface area contributed by atoms with E-state index in [-0.39, 0.29) is 39.3 Å². The van der Waals surface area contributed by atoms with Gasteiger partial charge < -0.3 is 24.8 Å². The third kappa shape index (κ3) is 6.46. The number of carboxylic acids is 1. The minimum atomic E-state index is -0.865. The number of likely N-dealkylation sites (tertiary alicyclic amines) is 1. The Bertz CT molecular complexity index is 1720. The van der Waals surface area contributed by atoms with Gasteiger partial charge in [0.15, 0.2) is 0 Å². The molecule has 0 aromatic heterocycles. The highest BCUT2D eigenvalue weighted by Crippen LogP contribution is 2.78. The molecule has 9 atom stereocenters. The highest BCUT2D eigenvalue weighted by molar-refractivity contribution is 5.88.